The van der Waals surface area contributed by atoms with Gasteiger partial charge in [-0.25, -0.2) is 9.97 Å². The van der Waals surface area contributed by atoms with E-state index in [4.69, 9.17) is 14.2 Å². The van der Waals surface area contributed by atoms with E-state index in [0.717, 1.165) is 66.5 Å². The standard InChI is InChI=1S/C35H21N5O2/c1-3-12-30-24(9-1)25-16-15-22(21-31(25)39(30)33-14-6-8-18-37-33)41-23-19-27(28-11-5-7-17-36-28)34-29(20-23)38-35-26-10-2-4-13-32(26)42-40(34)35/h1-21H. The second-order valence-electron chi connectivity index (χ2n) is 10.2. The Morgan fingerprint density at radius 1 is 0.619 bits per heavy atom. The van der Waals surface area contributed by atoms with Gasteiger partial charge in [0.05, 0.1) is 27.6 Å². The van der Waals surface area contributed by atoms with Crippen LogP contribution in [0.1, 0.15) is 0 Å². The van der Waals surface area contributed by atoms with Crippen molar-refractivity contribution in [2.24, 2.45) is 0 Å². The van der Waals surface area contributed by atoms with Crippen LogP contribution in [-0.4, -0.2) is 24.1 Å². The molecular formula is C35H21N5O2. The van der Waals surface area contributed by atoms with Crippen LogP contribution in [0, 0.1) is 0 Å². The maximum Gasteiger partial charge on any atom is 0.181 e. The third-order valence-electron chi connectivity index (χ3n) is 7.70. The number of pyridine rings is 2. The fourth-order valence-electron chi connectivity index (χ4n) is 5.90. The molecule has 0 radical (unpaired) electrons. The van der Waals surface area contributed by atoms with E-state index in [1.165, 1.54) is 0 Å². The number of nitrogens with zero attached hydrogens (tertiary/aromatic N) is 5. The van der Waals surface area contributed by atoms with E-state index in [0.29, 0.717) is 11.5 Å². The van der Waals surface area contributed by atoms with Crippen molar-refractivity contribution in [1.82, 2.24) is 24.1 Å². The van der Waals surface area contributed by atoms with Gasteiger partial charge in [-0.2, -0.15) is 4.57 Å². The topological polar surface area (TPSA) is 70.4 Å². The third kappa shape index (κ3) is 3.37. The molecule has 0 N–H and O–H groups in total. The molecule has 0 atom stereocenters. The van der Waals surface area contributed by atoms with Gasteiger partial charge in [-0.3, -0.25) is 9.55 Å². The van der Waals surface area contributed by atoms with E-state index in [9.17, 15) is 0 Å². The minimum Gasteiger partial charge on any atom is -0.457 e. The van der Waals surface area contributed by atoms with Crippen LogP contribution in [-0.2, 0) is 0 Å². The fraction of sp³-hybridized carbons (Fsp3) is 0. The molecule has 0 spiro atoms. The Kier molecular flexibility index (Phi) is 4.77. The van der Waals surface area contributed by atoms with Crippen LogP contribution in [0.5, 0.6) is 11.5 Å². The van der Waals surface area contributed by atoms with Crippen LogP contribution in [0.15, 0.2) is 132 Å². The Balaban J connectivity index is 1.24. The molecule has 0 saturated carbocycles. The van der Waals surface area contributed by atoms with Crippen molar-refractivity contribution in [3.63, 3.8) is 0 Å². The SMILES string of the molecule is c1ccc(-c2cc(Oc3ccc4c5ccccc5n(-c5ccccn5)c4c3)cc3nc4c5ccccc5on4c23)nc1. The van der Waals surface area contributed by atoms with Crippen molar-refractivity contribution in [3.8, 4) is 28.6 Å². The van der Waals surface area contributed by atoms with E-state index in [1.807, 2.05) is 85.1 Å². The number of imidazole rings is 1. The summed E-state index contributed by atoms with van der Waals surface area (Å²) >= 11 is 0. The van der Waals surface area contributed by atoms with E-state index < -0.39 is 0 Å². The predicted octanol–water partition coefficient (Wildman–Crippen LogP) is 8.58. The average molecular weight is 544 g/mol. The molecule has 5 heterocycles. The van der Waals surface area contributed by atoms with Gasteiger partial charge in [-0.05, 0) is 60.7 Å². The number of aromatic nitrogens is 5. The molecule has 0 unspecified atom stereocenters. The van der Waals surface area contributed by atoms with Gasteiger partial charge in [0.1, 0.15) is 22.8 Å². The summed E-state index contributed by atoms with van der Waals surface area (Å²) < 4.78 is 16.8. The van der Waals surface area contributed by atoms with Gasteiger partial charge >= 0.3 is 0 Å². The number of para-hydroxylation sites is 2. The first-order chi connectivity index (χ1) is 20.8. The molecule has 0 aliphatic carbocycles. The van der Waals surface area contributed by atoms with E-state index in [1.54, 1.807) is 10.8 Å². The second kappa shape index (κ2) is 8.78. The predicted molar refractivity (Wildman–Crippen MR) is 164 cm³/mol. The normalized spacial score (nSPS) is 11.8. The molecule has 0 aliphatic heterocycles. The van der Waals surface area contributed by atoms with Crippen LogP contribution in [0.2, 0.25) is 0 Å². The zero-order valence-corrected chi connectivity index (χ0v) is 22.2. The summed E-state index contributed by atoms with van der Waals surface area (Å²) in [6.07, 6.45) is 3.60. The summed E-state index contributed by atoms with van der Waals surface area (Å²) in [5.74, 6) is 2.22. The highest BCUT2D eigenvalue weighted by atomic mass is 16.5. The van der Waals surface area contributed by atoms with Crippen LogP contribution in [0.4, 0.5) is 0 Å². The van der Waals surface area contributed by atoms with E-state index >= 15 is 0 Å². The lowest BCUT2D eigenvalue weighted by atomic mass is 10.1. The monoisotopic (exact) mass is 543 g/mol. The maximum absolute atomic E-state index is 6.56. The number of hydrogen-bond acceptors (Lipinski definition) is 5. The second-order valence-corrected chi connectivity index (χ2v) is 10.2. The molecule has 9 rings (SSSR count). The quantitative estimate of drug-likeness (QED) is 0.222. The number of rotatable bonds is 4. The number of benzene rings is 4. The summed E-state index contributed by atoms with van der Waals surface area (Å²) in [7, 11) is 0. The lowest BCUT2D eigenvalue weighted by Gasteiger charge is -2.11. The van der Waals surface area contributed by atoms with Gasteiger partial charge in [-0.1, -0.05) is 42.5 Å². The first-order valence-electron chi connectivity index (χ1n) is 13.7. The number of ether oxygens (including phenoxy) is 1. The van der Waals surface area contributed by atoms with Gasteiger partial charge in [0.25, 0.3) is 0 Å². The van der Waals surface area contributed by atoms with Gasteiger partial charge in [0.15, 0.2) is 11.2 Å². The summed E-state index contributed by atoms with van der Waals surface area (Å²) in [5, 5.41) is 3.25. The molecular weight excluding hydrogens is 522 g/mol. The van der Waals surface area contributed by atoms with Crippen LogP contribution >= 0.6 is 0 Å². The molecule has 198 valence electrons. The lowest BCUT2D eigenvalue weighted by molar-refractivity contribution is 0.423. The van der Waals surface area contributed by atoms with Crippen molar-refractivity contribution in [1.29, 1.82) is 0 Å². The molecule has 0 amide bonds. The van der Waals surface area contributed by atoms with Gasteiger partial charge in [-0.15, -0.1) is 0 Å². The van der Waals surface area contributed by atoms with Crippen molar-refractivity contribution in [3.05, 3.63) is 128 Å². The van der Waals surface area contributed by atoms with E-state index in [-0.39, 0.29) is 0 Å². The zero-order chi connectivity index (χ0) is 27.6. The highest BCUT2D eigenvalue weighted by Gasteiger charge is 2.20. The van der Waals surface area contributed by atoms with Crippen molar-refractivity contribution in [2.75, 3.05) is 0 Å². The molecule has 0 saturated heterocycles. The van der Waals surface area contributed by atoms with Crippen molar-refractivity contribution in [2.45, 2.75) is 0 Å². The van der Waals surface area contributed by atoms with Crippen molar-refractivity contribution >= 4 is 49.5 Å². The Labute approximate surface area is 238 Å². The lowest BCUT2D eigenvalue weighted by Crippen LogP contribution is -1.96. The fourth-order valence-corrected chi connectivity index (χ4v) is 5.90. The number of fused-ring (bicyclic) bond motifs is 8. The zero-order valence-electron chi connectivity index (χ0n) is 22.2. The molecule has 0 aliphatic rings. The molecule has 0 fully saturated rings. The van der Waals surface area contributed by atoms with Gasteiger partial charge in [0, 0.05) is 40.9 Å². The minimum absolute atomic E-state index is 0.660. The average Bonchev–Trinajstić information content (AvgIpc) is 3.69. The minimum atomic E-state index is 0.660. The maximum atomic E-state index is 6.56. The largest absolute Gasteiger partial charge is 0.457 e. The molecule has 4 aromatic carbocycles. The molecule has 42 heavy (non-hydrogen) atoms. The molecule has 7 nitrogen and oxygen atoms in total. The summed E-state index contributed by atoms with van der Waals surface area (Å²) in [5.41, 5.74) is 6.94. The molecule has 9 aromatic rings. The summed E-state index contributed by atoms with van der Waals surface area (Å²) in [6, 6.07) is 38.3. The highest BCUT2D eigenvalue weighted by Crippen LogP contribution is 2.38. The Hall–Kier alpha value is -5.95. The number of hydrogen-bond donors (Lipinski definition) is 0. The molecule has 0 bridgehead atoms. The Morgan fingerprint density at radius 2 is 1.40 bits per heavy atom. The first kappa shape index (κ1) is 22.8. The highest BCUT2D eigenvalue weighted by molar-refractivity contribution is 6.09. The van der Waals surface area contributed by atoms with E-state index in [2.05, 4.69) is 50.9 Å². The third-order valence-corrected chi connectivity index (χ3v) is 7.70. The molecule has 5 aromatic heterocycles. The summed E-state index contributed by atoms with van der Waals surface area (Å²) in [6.45, 7) is 0. The van der Waals surface area contributed by atoms with Crippen molar-refractivity contribution < 1.29 is 9.26 Å². The van der Waals surface area contributed by atoms with Crippen LogP contribution < -0.4 is 4.74 Å². The smallest absolute Gasteiger partial charge is 0.181 e. The molecule has 7 heteroatoms. The van der Waals surface area contributed by atoms with Crippen LogP contribution in [0.25, 0.3) is 66.5 Å². The van der Waals surface area contributed by atoms with Gasteiger partial charge < -0.3 is 9.26 Å². The summed E-state index contributed by atoms with van der Waals surface area (Å²) in [4.78, 5) is 14.3. The Bertz CT molecular complexity index is 2440. The van der Waals surface area contributed by atoms with Gasteiger partial charge in [0.2, 0.25) is 0 Å². The van der Waals surface area contributed by atoms with Crippen LogP contribution in [0.3, 0.4) is 0 Å². The Morgan fingerprint density at radius 3 is 2.26 bits per heavy atom. The first-order valence-corrected chi connectivity index (χ1v) is 13.7.